The summed E-state index contributed by atoms with van der Waals surface area (Å²) in [5, 5.41) is 21.3. The van der Waals surface area contributed by atoms with E-state index < -0.39 is 6.10 Å². The number of ketones is 2. The first-order valence-corrected chi connectivity index (χ1v) is 12.1. The maximum atomic E-state index is 12.7. The zero-order valence-corrected chi connectivity index (χ0v) is 20.2. The second-order valence-corrected chi connectivity index (χ2v) is 12.1. The van der Waals surface area contributed by atoms with Crippen molar-refractivity contribution in [1.29, 1.82) is 0 Å². The van der Waals surface area contributed by atoms with Crippen LogP contribution in [0.5, 0.6) is 0 Å². The second kappa shape index (κ2) is 6.34. The molecule has 0 aromatic heterocycles. The van der Waals surface area contributed by atoms with Gasteiger partial charge in [-0.05, 0) is 73.0 Å². The molecule has 3 fully saturated rings. The van der Waals surface area contributed by atoms with Crippen LogP contribution in [0.3, 0.4) is 0 Å². The van der Waals surface area contributed by atoms with E-state index in [1.165, 1.54) is 5.57 Å². The lowest BCUT2D eigenvalue weighted by Gasteiger charge is -2.69. The van der Waals surface area contributed by atoms with Gasteiger partial charge in [0.05, 0.1) is 0 Å². The van der Waals surface area contributed by atoms with E-state index >= 15 is 0 Å². The molecule has 7 atom stereocenters. The number of aliphatic hydroxyl groups is 2. The van der Waals surface area contributed by atoms with Crippen LogP contribution in [0.25, 0.3) is 0 Å². The maximum absolute atomic E-state index is 12.7. The Morgan fingerprint density at radius 1 is 1.00 bits per heavy atom. The molecule has 4 nitrogen and oxygen atoms in total. The van der Waals surface area contributed by atoms with Crippen molar-refractivity contribution in [1.82, 2.24) is 0 Å². The van der Waals surface area contributed by atoms with Crippen molar-refractivity contribution in [2.24, 2.45) is 33.5 Å². The molecule has 5 aliphatic carbocycles. The molecule has 0 spiro atoms. The highest BCUT2D eigenvalue weighted by Gasteiger charge is 2.68. The van der Waals surface area contributed by atoms with Gasteiger partial charge in [-0.3, -0.25) is 9.59 Å². The van der Waals surface area contributed by atoms with Gasteiger partial charge in [0, 0.05) is 22.3 Å². The molecular formula is C28H36O4. The van der Waals surface area contributed by atoms with Gasteiger partial charge in [0.25, 0.3) is 0 Å². The number of rotatable bonds is 0. The molecule has 0 unspecified atom stereocenters. The van der Waals surface area contributed by atoms with Crippen LogP contribution < -0.4 is 0 Å². The number of hydrogen-bond acceptors (Lipinski definition) is 4. The topological polar surface area (TPSA) is 74.6 Å². The van der Waals surface area contributed by atoms with Crippen molar-refractivity contribution in [3.05, 3.63) is 46.3 Å². The van der Waals surface area contributed by atoms with Crippen LogP contribution in [0.1, 0.15) is 73.6 Å². The lowest BCUT2D eigenvalue weighted by atomic mass is 9.35. The zero-order valence-electron chi connectivity index (χ0n) is 20.2. The van der Waals surface area contributed by atoms with Gasteiger partial charge >= 0.3 is 0 Å². The van der Waals surface area contributed by atoms with Crippen LogP contribution in [0.15, 0.2) is 46.3 Å². The first kappa shape index (κ1) is 21.9. The second-order valence-electron chi connectivity index (χ2n) is 12.1. The number of allylic oxidation sites excluding steroid dienone is 7. The van der Waals surface area contributed by atoms with Gasteiger partial charge in [-0.2, -0.15) is 0 Å². The predicted octanol–water partition coefficient (Wildman–Crippen LogP) is 5.39. The quantitative estimate of drug-likeness (QED) is 0.534. The van der Waals surface area contributed by atoms with Crippen LogP contribution in [0.4, 0.5) is 0 Å². The van der Waals surface area contributed by atoms with Crippen LogP contribution in [0, 0.1) is 33.5 Å². The molecule has 0 heterocycles. The van der Waals surface area contributed by atoms with Gasteiger partial charge in [-0.15, -0.1) is 0 Å². The fourth-order valence-electron chi connectivity index (χ4n) is 8.44. The third kappa shape index (κ3) is 2.32. The smallest absolute Gasteiger partial charge is 0.220 e. The van der Waals surface area contributed by atoms with E-state index in [-0.39, 0.29) is 50.8 Å². The van der Waals surface area contributed by atoms with Crippen LogP contribution in [-0.2, 0) is 9.59 Å². The summed E-state index contributed by atoms with van der Waals surface area (Å²) in [6, 6.07) is 0. The Morgan fingerprint density at radius 2 is 1.69 bits per heavy atom. The highest BCUT2D eigenvalue weighted by molar-refractivity contribution is 6.06. The summed E-state index contributed by atoms with van der Waals surface area (Å²) in [4.78, 5) is 25.3. The van der Waals surface area contributed by atoms with E-state index in [9.17, 15) is 19.8 Å². The molecule has 0 aliphatic heterocycles. The molecular weight excluding hydrogens is 400 g/mol. The molecule has 5 rings (SSSR count). The molecule has 0 aromatic rings. The molecule has 172 valence electrons. The van der Waals surface area contributed by atoms with Crippen molar-refractivity contribution < 1.29 is 19.8 Å². The SMILES string of the molecule is CC1=C(O)C(=O)C=C2C1=CC=C1[C@@]2(C)CC[C@@]2(C)[C@@H]3C[C@@H](C)C(=O)[C@H](O)[C@]3(C)CC[C@]12C. The number of hydrogen-bond donors (Lipinski definition) is 2. The lowest BCUT2D eigenvalue weighted by Crippen LogP contribution is -2.65. The standard InChI is InChI=1S/C28H36O4/c1-15-13-21-26(4,24(32)22(15)30)10-12-27(5)20-8-7-17-16(2)23(31)19(29)14-18(17)25(20,3)9-11-28(21,27)6/h7-8,14-15,21,24,31-32H,9-13H2,1-6H3/t15-,21-,24+,25+,26-,27-,28+/m1/s1. The summed E-state index contributed by atoms with van der Waals surface area (Å²) in [5.74, 6) is -0.282. The average molecular weight is 437 g/mol. The summed E-state index contributed by atoms with van der Waals surface area (Å²) in [6.45, 7) is 13.0. The summed E-state index contributed by atoms with van der Waals surface area (Å²) >= 11 is 0. The van der Waals surface area contributed by atoms with Crippen LogP contribution in [-0.4, -0.2) is 27.9 Å². The first-order valence-electron chi connectivity index (χ1n) is 12.1. The molecule has 0 aromatic carbocycles. The van der Waals surface area contributed by atoms with Gasteiger partial charge in [0.15, 0.2) is 11.5 Å². The minimum absolute atomic E-state index is 0.00833. The van der Waals surface area contributed by atoms with Gasteiger partial charge in [0.2, 0.25) is 5.78 Å². The fourth-order valence-corrected chi connectivity index (χ4v) is 8.44. The van der Waals surface area contributed by atoms with E-state index in [0.29, 0.717) is 5.57 Å². The molecule has 0 saturated heterocycles. The monoisotopic (exact) mass is 436 g/mol. The molecule has 0 bridgehead atoms. The highest BCUT2D eigenvalue weighted by Crippen LogP contribution is 2.74. The summed E-state index contributed by atoms with van der Waals surface area (Å²) in [7, 11) is 0. The van der Waals surface area contributed by atoms with Gasteiger partial charge in [0.1, 0.15) is 6.10 Å². The molecule has 2 N–H and O–H groups in total. The van der Waals surface area contributed by atoms with Gasteiger partial charge < -0.3 is 10.2 Å². The molecule has 32 heavy (non-hydrogen) atoms. The fraction of sp³-hybridized carbons (Fsp3) is 0.643. The first-order chi connectivity index (χ1) is 14.8. The highest BCUT2D eigenvalue weighted by atomic mass is 16.3. The van der Waals surface area contributed by atoms with E-state index in [4.69, 9.17) is 0 Å². The van der Waals surface area contributed by atoms with Crippen molar-refractivity contribution in [3.8, 4) is 0 Å². The largest absolute Gasteiger partial charge is 0.504 e. The van der Waals surface area contributed by atoms with Crippen LogP contribution in [0.2, 0.25) is 0 Å². The van der Waals surface area contributed by atoms with Crippen molar-refractivity contribution in [2.75, 3.05) is 0 Å². The molecule has 5 aliphatic rings. The van der Waals surface area contributed by atoms with Gasteiger partial charge in [-0.1, -0.05) is 52.3 Å². The third-order valence-electron chi connectivity index (χ3n) is 10.9. The van der Waals surface area contributed by atoms with Crippen LogP contribution >= 0.6 is 0 Å². The Balaban J connectivity index is 1.66. The molecule has 0 amide bonds. The normalized spacial score (nSPS) is 48.1. The summed E-state index contributed by atoms with van der Waals surface area (Å²) in [5.41, 5.74) is 3.29. The Hall–Kier alpha value is -1.94. The number of carbonyl (C=O) groups is 2. The number of carbonyl (C=O) groups excluding carboxylic acids is 2. The molecule has 4 heteroatoms. The number of Topliss-reactive ketones (excluding diaryl/α,β-unsaturated/α-hetero) is 1. The minimum atomic E-state index is -0.882. The summed E-state index contributed by atoms with van der Waals surface area (Å²) in [6.07, 6.45) is 9.60. The Labute approximate surface area is 191 Å². The van der Waals surface area contributed by atoms with Crippen molar-refractivity contribution >= 4 is 11.6 Å². The average Bonchev–Trinajstić information content (AvgIpc) is 2.75. The predicted molar refractivity (Wildman–Crippen MR) is 124 cm³/mol. The van der Waals surface area contributed by atoms with E-state index in [1.807, 2.05) is 13.8 Å². The number of aliphatic hydroxyl groups excluding tert-OH is 2. The molecule has 0 radical (unpaired) electrons. The van der Waals surface area contributed by atoms with E-state index in [2.05, 4.69) is 39.8 Å². The summed E-state index contributed by atoms with van der Waals surface area (Å²) < 4.78 is 0. The Bertz CT molecular complexity index is 1070. The van der Waals surface area contributed by atoms with Crippen molar-refractivity contribution in [3.63, 3.8) is 0 Å². The van der Waals surface area contributed by atoms with E-state index in [1.54, 1.807) is 6.08 Å². The minimum Gasteiger partial charge on any atom is -0.504 e. The molecule has 3 saturated carbocycles. The van der Waals surface area contributed by atoms with Gasteiger partial charge in [-0.25, -0.2) is 0 Å². The Kier molecular flexibility index (Phi) is 4.34. The maximum Gasteiger partial charge on any atom is 0.220 e. The Morgan fingerprint density at radius 3 is 2.38 bits per heavy atom. The lowest BCUT2D eigenvalue weighted by molar-refractivity contribution is -0.192. The number of fused-ring (bicyclic) bond motifs is 7. The zero-order chi connectivity index (χ0) is 23.4. The van der Waals surface area contributed by atoms with Crippen molar-refractivity contribution in [2.45, 2.75) is 79.8 Å². The third-order valence-corrected chi connectivity index (χ3v) is 10.9. The van der Waals surface area contributed by atoms with E-state index in [0.717, 1.165) is 43.3 Å².